The van der Waals surface area contributed by atoms with Gasteiger partial charge in [0.15, 0.2) is 5.82 Å². The molecule has 0 saturated carbocycles. The number of hydrogen-bond donors (Lipinski definition) is 1. The molecule has 1 N–H and O–H groups in total. The zero-order valence-corrected chi connectivity index (χ0v) is 12.0. The van der Waals surface area contributed by atoms with Gasteiger partial charge in [-0.25, -0.2) is 4.39 Å². The molecule has 0 bridgehead atoms. The minimum Gasteiger partial charge on any atom is -0.294 e. The summed E-state index contributed by atoms with van der Waals surface area (Å²) in [6.07, 6.45) is -0.416. The highest BCUT2D eigenvalue weighted by molar-refractivity contribution is 7.87. The first-order valence-corrected chi connectivity index (χ1v) is 7.84. The van der Waals surface area contributed by atoms with E-state index in [2.05, 4.69) is 10.2 Å². The third-order valence-electron chi connectivity index (χ3n) is 3.46. The lowest BCUT2D eigenvalue weighted by Gasteiger charge is -2.11. The monoisotopic (exact) mass is 327 g/mol. The molecule has 1 aromatic carbocycles. The smallest absolute Gasteiger partial charge is 0.294 e. The average Bonchev–Trinajstić information content (AvgIpc) is 3.04. The van der Waals surface area contributed by atoms with Crippen LogP contribution in [0.4, 0.5) is 14.1 Å². The van der Waals surface area contributed by atoms with Crippen molar-refractivity contribution in [2.24, 2.45) is 0 Å². The number of aromatic nitrogens is 2. The van der Waals surface area contributed by atoms with Gasteiger partial charge in [0.2, 0.25) is 5.91 Å². The lowest BCUT2D eigenvalue weighted by atomic mass is 10.1. The number of carbonyl (C=O) groups excluding carboxylic acids is 1. The van der Waals surface area contributed by atoms with E-state index in [0.29, 0.717) is 11.3 Å². The second-order valence-electron chi connectivity index (χ2n) is 4.96. The van der Waals surface area contributed by atoms with E-state index in [1.54, 1.807) is 6.07 Å². The number of aromatic amines is 1. The van der Waals surface area contributed by atoms with E-state index in [9.17, 15) is 21.5 Å². The van der Waals surface area contributed by atoms with E-state index in [1.807, 2.05) is 0 Å². The quantitative estimate of drug-likeness (QED) is 0.869. The van der Waals surface area contributed by atoms with E-state index >= 15 is 0 Å². The number of hydrogen-bond acceptors (Lipinski definition) is 4. The van der Waals surface area contributed by atoms with Crippen LogP contribution in [0.1, 0.15) is 6.42 Å². The van der Waals surface area contributed by atoms with Crippen LogP contribution >= 0.6 is 0 Å². The number of nitrogens with one attached hydrogen (secondary N) is 1. The van der Waals surface area contributed by atoms with Crippen molar-refractivity contribution in [3.63, 3.8) is 0 Å². The molecule has 6 nitrogen and oxygen atoms in total. The highest BCUT2D eigenvalue weighted by Crippen LogP contribution is 2.27. The highest BCUT2D eigenvalue weighted by atomic mass is 32.3. The molecular formula is C13H11F2N3O3S. The molecule has 0 radical (unpaired) electrons. The largest absolute Gasteiger partial charge is 0.307 e. The van der Waals surface area contributed by atoms with E-state index in [4.69, 9.17) is 0 Å². The molecule has 0 aliphatic carbocycles. The zero-order chi connectivity index (χ0) is 15.9. The van der Waals surface area contributed by atoms with Crippen molar-refractivity contribution in [1.82, 2.24) is 10.2 Å². The van der Waals surface area contributed by atoms with Crippen LogP contribution in [0.2, 0.25) is 0 Å². The summed E-state index contributed by atoms with van der Waals surface area (Å²) in [5.41, 5.74) is 0.994. The van der Waals surface area contributed by atoms with Crippen molar-refractivity contribution in [2.45, 2.75) is 11.7 Å². The van der Waals surface area contributed by atoms with Crippen molar-refractivity contribution in [3.05, 3.63) is 36.1 Å². The molecule has 116 valence electrons. The molecule has 9 heteroatoms. The second-order valence-corrected chi connectivity index (χ2v) is 6.57. The first-order valence-electron chi connectivity index (χ1n) is 6.40. The maximum Gasteiger partial charge on any atom is 0.307 e. The van der Waals surface area contributed by atoms with Crippen LogP contribution in [-0.2, 0) is 15.0 Å². The lowest BCUT2D eigenvalue weighted by molar-refractivity contribution is -0.117. The highest BCUT2D eigenvalue weighted by Gasteiger charge is 2.39. The fraction of sp³-hybridized carbons (Fsp3) is 0.231. The molecule has 22 heavy (non-hydrogen) atoms. The fourth-order valence-electron chi connectivity index (χ4n) is 2.34. The summed E-state index contributed by atoms with van der Waals surface area (Å²) in [5.74, 6) is -0.770. The summed E-state index contributed by atoms with van der Waals surface area (Å²) >= 11 is 0. The van der Waals surface area contributed by atoms with Crippen LogP contribution in [0.15, 0.2) is 30.3 Å². The van der Waals surface area contributed by atoms with Crippen molar-refractivity contribution < 1.29 is 21.5 Å². The van der Waals surface area contributed by atoms with E-state index in [0.717, 1.165) is 4.90 Å². The molecule has 1 unspecified atom stereocenters. The van der Waals surface area contributed by atoms with Crippen molar-refractivity contribution >= 4 is 21.9 Å². The van der Waals surface area contributed by atoms with Crippen molar-refractivity contribution in [1.29, 1.82) is 0 Å². The maximum atomic E-state index is 13.2. The van der Waals surface area contributed by atoms with Gasteiger partial charge in [-0.3, -0.25) is 14.8 Å². The molecule has 1 saturated heterocycles. The normalized spacial score (nSPS) is 18.9. The molecule has 2 heterocycles. The molecule has 1 aliphatic heterocycles. The standard InChI is InChI=1S/C13H11F2N3O3S/c14-9-3-1-2-8(4-9)11-6-12(17-16-11)18-7-10(5-13(18)19)22(15,20)21/h1-4,6,10H,5,7H2,(H,16,17). The van der Waals surface area contributed by atoms with Gasteiger partial charge in [-0.2, -0.15) is 13.5 Å². The van der Waals surface area contributed by atoms with Gasteiger partial charge in [-0.15, -0.1) is 3.89 Å². The Bertz CT molecular complexity index is 835. The van der Waals surface area contributed by atoms with Gasteiger partial charge in [0.1, 0.15) is 11.1 Å². The Kier molecular flexibility index (Phi) is 3.44. The third-order valence-corrected chi connectivity index (χ3v) is 4.58. The number of halogens is 2. The number of rotatable bonds is 3. The lowest BCUT2D eigenvalue weighted by Crippen LogP contribution is -2.27. The first-order chi connectivity index (χ1) is 10.3. The zero-order valence-electron chi connectivity index (χ0n) is 11.2. The number of anilines is 1. The van der Waals surface area contributed by atoms with Crippen LogP contribution in [0.5, 0.6) is 0 Å². The van der Waals surface area contributed by atoms with Gasteiger partial charge in [0, 0.05) is 24.6 Å². The van der Waals surface area contributed by atoms with Crippen LogP contribution < -0.4 is 4.90 Å². The number of nitrogens with zero attached hydrogens (tertiary/aromatic N) is 2. The summed E-state index contributed by atoms with van der Waals surface area (Å²) in [6, 6.07) is 7.25. The summed E-state index contributed by atoms with van der Waals surface area (Å²) < 4.78 is 48.0. The van der Waals surface area contributed by atoms with E-state index in [1.165, 1.54) is 24.3 Å². The molecule has 1 atom stereocenters. The predicted molar refractivity (Wildman–Crippen MR) is 74.8 cm³/mol. The molecule has 1 fully saturated rings. The summed E-state index contributed by atoms with van der Waals surface area (Å²) in [5, 5.41) is 5.18. The third kappa shape index (κ3) is 2.71. The Morgan fingerprint density at radius 2 is 2.09 bits per heavy atom. The Balaban J connectivity index is 1.87. The van der Waals surface area contributed by atoms with Crippen LogP contribution in [0, 0.1) is 5.82 Å². The Morgan fingerprint density at radius 3 is 2.73 bits per heavy atom. The minimum absolute atomic E-state index is 0.176. The van der Waals surface area contributed by atoms with E-state index < -0.39 is 33.6 Å². The molecule has 0 spiro atoms. The maximum absolute atomic E-state index is 13.2. The molecule has 1 aromatic heterocycles. The molecule has 2 aromatic rings. The van der Waals surface area contributed by atoms with Gasteiger partial charge < -0.3 is 0 Å². The summed E-state index contributed by atoms with van der Waals surface area (Å²) in [7, 11) is -4.78. The van der Waals surface area contributed by atoms with Gasteiger partial charge in [-0.05, 0) is 12.1 Å². The SMILES string of the molecule is O=C1CC(S(=O)(=O)F)CN1c1cc(-c2cccc(F)c2)[nH]n1. The van der Waals surface area contributed by atoms with Gasteiger partial charge in [0.25, 0.3) is 0 Å². The predicted octanol–water partition coefficient (Wildman–Crippen LogP) is 1.62. The Hall–Kier alpha value is -2.29. The fourth-order valence-corrected chi connectivity index (χ4v) is 3.01. The Labute approximate surface area is 125 Å². The van der Waals surface area contributed by atoms with Crippen LogP contribution in [0.25, 0.3) is 11.3 Å². The summed E-state index contributed by atoms with van der Waals surface area (Å²) in [6.45, 7) is -0.287. The van der Waals surface area contributed by atoms with Gasteiger partial charge in [-0.1, -0.05) is 12.1 Å². The molecule has 1 amide bonds. The van der Waals surface area contributed by atoms with Gasteiger partial charge in [0.05, 0.1) is 5.69 Å². The molecule has 1 aliphatic rings. The average molecular weight is 327 g/mol. The number of carbonyl (C=O) groups is 1. The number of benzene rings is 1. The van der Waals surface area contributed by atoms with Crippen molar-refractivity contribution in [2.75, 3.05) is 11.4 Å². The summed E-state index contributed by atoms with van der Waals surface area (Å²) in [4.78, 5) is 12.9. The van der Waals surface area contributed by atoms with Crippen LogP contribution in [0.3, 0.4) is 0 Å². The Morgan fingerprint density at radius 1 is 1.32 bits per heavy atom. The van der Waals surface area contributed by atoms with E-state index in [-0.39, 0.29) is 12.4 Å². The van der Waals surface area contributed by atoms with Gasteiger partial charge >= 0.3 is 10.2 Å². The topological polar surface area (TPSA) is 83.1 Å². The molecule has 3 rings (SSSR count). The minimum atomic E-state index is -4.78. The second kappa shape index (κ2) is 5.16. The first kappa shape index (κ1) is 14.6. The number of H-pyrrole nitrogens is 1. The van der Waals surface area contributed by atoms with Crippen molar-refractivity contribution in [3.8, 4) is 11.3 Å². The number of amides is 1. The molecular weight excluding hydrogens is 316 g/mol. The van der Waals surface area contributed by atoms with Crippen LogP contribution in [-0.4, -0.2) is 36.3 Å².